The highest BCUT2D eigenvalue weighted by atomic mass is 32.2. The summed E-state index contributed by atoms with van der Waals surface area (Å²) in [7, 11) is 0.324. The quantitative estimate of drug-likeness (QED) is 0.726. The lowest BCUT2D eigenvalue weighted by Gasteiger charge is -2.07. The minimum Gasteiger partial charge on any atom is -0.496 e. The van der Waals surface area contributed by atoms with Crippen LogP contribution in [0.3, 0.4) is 0 Å². The van der Waals surface area contributed by atoms with Gasteiger partial charge in [-0.25, -0.2) is 9.37 Å². The van der Waals surface area contributed by atoms with Gasteiger partial charge < -0.3 is 9.14 Å². The molecule has 1 aromatic carbocycles. The van der Waals surface area contributed by atoms with Crippen LogP contribution in [0.25, 0.3) is 5.65 Å². The second-order valence-electron chi connectivity index (χ2n) is 4.88. The van der Waals surface area contributed by atoms with Gasteiger partial charge in [-0.05, 0) is 30.3 Å². The van der Waals surface area contributed by atoms with Gasteiger partial charge >= 0.3 is 0 Å². The summed E-state index contributed by atoms with van der Waals surface area (Å²) >= 11 is 0. The molecule has 1 atom stereocenters. The summed E-state index contributed by atoms with van der Waals surface area (Å²) in [6.07, 6.45) is 3.75. The third-order valence-electron chi connectivity index (χ3n) is 3.28. The van der Waals surface area contributed by atoms with E-state index < -0.39 is 10.8 Å². The Hall–Kier alpha value is -2.21. The molecule has 0 aliphatic carbocycles. The Bertz CT molecular complexity index is 799. The van der Waals surface area contributed by atoms with Crippen molar-refractivity contribution in [3.8, 4) is 5.75 Å². The van der Waals surface area contributed by atoms with Crippen molar-refractivity contribution in [2.45, 2.75) is 11.5 Å². The summed E-state index contributed by atoms with van der Waals surface area (Å²) in [6, 6.07) is 9.94. The Morgan fingerprint density at radius 1 is 1.27 bits per heavy atom. The molecule has 0 aliphatic heterocycles. The van der Waals surface area contributed by atoms with Crippen molar-refractivity contribution in [1.29, 1.82) is 0 Å². The number of fused-ring (bicyclic) bond motifs is 1. The molecule has 22 heavy (non-hydrogen) atoms. The van der Waals surface area contributed by atoms with E-state index in [-0.39, 0.29) is 11.6 Å². The van der Waals surface area contributed by atoms with Gasteiger partial charge in [0.1, 0.15) is 17.2 Å². The fraction of sp³-hybridized carbons (Fsp3) is 0.188. The minimum atomic E-state index is -1.19. The lowest BCUT2D eigenvalue weighted by molar-refractivity contribution is 0.410. The van der Waals surface area contributed by atoms with Crippen LogP contribution < -0.4 is 4.74 Å². The van der Waals surface area contributed by atoms with E-state index in [1.54, 1.807) is 6.07 Å². The van der Waals surface area contributed by atoms with Crippen LogP contribution in [0.1, 0.15) is 11.3 Å². The number of rotatable bonds is 5. The van der Waals surface area contributed by atoms with Crippen molar-refractivity contribution >= 4 is 16.4 Å². The van der Waals surface area contributed by atoms with Gasteiger partial charge in [-0.1, -0.05) is 6.07 Å². The van der Waals surface area contributed by atoms with Crippen molar-refractivity contribution in [3.63, 3.8) is 0 Å². The molecule has 0 unspecified atom stereocenters. The normalized spacial score (nSPS) is 12.5. The standard InChI is InChI=1S/C16H15FN2O2S/c1-21-15-6-5-13(17)8-12(15)10-22(20)11-14-9-19-7-3-2-4-16(19)18-14/h2-9H,10-11H2,1H3/t22-/m1/s1. The van der Waals surface area contributed by atoms with Crippen molar-refractivity contribution in [2.75, 3.05) is 7.11 Å². The van der Waals surface area contributed by atoms with E-state index in [1.807, 2.05) is 35.0 Å². The first-order valence-electron chi connectivity index (χ1n) is 6.76. The molecule has 0 N–H and O–H groups in total. The fourth-order valence-corrected chi connectivity index (χ4v) is 3.45. The number of pyridine rings is 1. The van der Waals surface area contributed by atoms with Gasteiger partial charge in [0.25, 0.3) is 0 Å². The molecule has 0 bridgehead atoms. The van der Waals surface area contributed by atoms with E-state index in [1.165, 1.54) is 19.2 Å². The predicted octanol–water partition coefficient (Wildman–Crippen LogP) is 2.93. The number of aromatic nitrogens is 2. The molecule has 3 aromatic rings. The molecule has 0 amide bonds. The number of halogens is 1. The Balaban J connectivity index is 1.76. The Kier molecular flexibility index (Phi) is 4.20. The maximum absolute atomic E-state index is 13.3. The Morgan fingerprint density at radius 2 is 2.14 bits per heavy atom. The summed E-state index contributed by atoms with van der Waals surface area (Å²) in [5.74, 6) is 0.737. The predicted molar refractivity (Wildman–Crippen MR) is 83.7 cm³/mol. The van der Waals surface area contributed by atoms with Gasteiger partial charge in [0.05, 0.1) is 24.3 Å². The molecular weight excluding hydrogens is 303 g/mol. The molecule has 0 fully saturated rings. The third kappa shape index (κ3) is 3.17. The highest BCUT2D eigenvalue weighted by Gasteiger charge is 2.11. The van der Waals surface area contributed by atoms with Crippen LogP contribution in [0.2, 0.25) is 0 Å². The first-order chi connectivity index (χ1) is 10.7. The molecule has 3 rings (SSSR count). The number of hydrogen-bond acceptors (Lipinski definition) is 3. The van der Waals surface area contributed by atoms with E-state index in [4.69, 9.17) is 4.74 Å². The molecule has 2 aromatic heterocycles. The number of imidazole rings is 1. The maximum Gasteiger partial charge on any atom is 0.137 e. The van der Waals surface area contributed by atoms with Crippen molar-refractivity contribution in [2.24, 2.45) is 0 Å². The molecular formula is C16H15FN2O2S. The van der Waals surface area contributed by atoms with Crippen molar-refractivity contribution in [1.82, 2.24) is 9.38 Å². The van der Waals surface area contributed by atoms with Gasteiger partial charge in [-0.3, -0.25) is 4.21 Å². The molecule has 0 saturated heterocycles. The number of ether oxygens (including phenoxy) is 1. The zero-order valence-electron chi connectivity index (χ0n) is 12.0. The Labute approximate surface area is 130 Å². The first kappa shape index (κ1) is 14.7. The molecule has 0 radical (unpaired) electrons. The number of methoxy groups -OCH3 is 1. The van der Waals surface area contributed by atoms with Crippen LogP contribution in [-0.4, -0.2) is 20.7 Å². The van der Waals surface area contributed by atoms with Crippen LogP contribution in [0.4, 0.5) is 4.39 Å². The maximum atomic E-state index is 13.3. The summed E-state index contributed by atoms with van der Waals surface area (Å²) in [6.45, 7) is 0. The highest BCUT2D eigenvalue weighted by Crippen LogP contribution is 2.21. The average Bonchev–Trinajstić information content (AvgIpc) is 2.89. The van der Waals surface area contributed by atoms with Crippen LogP contribution in [-0.2, 0) is 22.3 Å². The number of nitrogens with zero attached hydrogens (tertiary/aromatic N) is 2. The van der Waals surface area contributed by atoms with Crippen molar-refractivity contribution < 1.29 is 13.3 Å². The number of hydrogen-bond donors (Lipinski definition) is 0. The Morgan fingerprint density at radius 3 is 2.91 bits per heavy atom. The zero-order valence-corrected chi connectivity index (χ0v) is 12.8. The summed E-state index contributed by atoms with van der Waals surface area (Å²) in [5, 5.41) is 0. The lowest BCUT2D eigenvalue weighted by atomic mass is 10.2. The smallest absolute Gasteiger partial charge is 0.137 e. The monoisotopic (exact) mass is 318 g/mol. The van der Waals surface area contributed by atoms with E-state index >= 15 is 0 Å². The summed E-state index contributed by atoms with van der Waals surface area (Å²) in [4.78, 5) is 4.42. The minimum absolute atomic E-state index is 0.231. The van der Waals surface area contributed by atoms with Crippen LogP contribution in [0.15, 0.2) is 48.8 Å². The van der Waals surface area contributed by atoms with Crippen molar-refractivity contribution in [3.05, 3.63) is 65.9 Å². The first-order valence-corrected chi connectivity index (χ1v) is 8.24. The van der Waals surface area contributed by atoms with Crippen LogP contribution in [0, 0.1) is 5.82 Å². The van der Waals surface area contributed by atoms with E-state index in [2.05, 4.69) is 4.98 Å². The van der Waals surface area contributed by atoms with E-state index in [0.29, 0.717) is 17.1 Å². The van der Waals surface area contributed by atoms with Crippen LogP contribution in [0.5, 0.6) is 5.75 Å². The van der Waals surface area contributed by atoms with Gasteiger partial charge in [0.2, 0.25) is 0 Å². The highest BCUT2D eigenvalue weighted by molar-refractivity contribution is 7.83. The second kappa shape index (κ2) is 6.27. The zero-order chi connectivity index (χ0) is 15.5. The van der Waals surface area contributed by atoms with Crippen LogP contribution >= 0.6 is 0 Å². The van der Waals surface area contributed by atoms with Gasteiger partial charge in [-0.15, -0.1) is 0 Å². The summed E-state index contributed by atoms with van der Waals surface area (Å²) < 4.78 is 32.7. The van der Waals surface area contributed by atoms with E-state index in [9.17, 15) is 8.60 Å². The second-order valence-corrected chi connectivity index (χ2v) is 6.34. The largest absolute Gasteiger partial charge is 0.496 e. The molecule has 0 saturated carbocycles. The molecule has 2 heterocycles. The number of benzene rings is 1. The lowest BCUT2D eigenvalue weighted by Crippen LogP contribution is -2.02. The summed E-state index contributed by atoms with van der Waals surface area (Å²) in [5.41, 5.74) is 2.17. The SMILES string of the molecule is COc1ccc(F)cc1C[S@@](=O)Cc1cn2ccccc2n1. The molecule has 4 nitrogen and oxygen atoms in total. The fourth-order valence-electron chi connectivity index (χ4n) is 2.31. The topological polar surface area (TPSA) is 43.6 Å². The average molecular weight is 318 g/mol. The molecule has 6 heteroatoms. The van der Waals surface area contributed by atoms with Gasteiger partial charge in [0, 0.05) is 28.8 Å². The van der Waals surface area contributed by atoms with E-state index in [0.717, 1.165) is 11.3 Å². The third-order valence-corrected chi connectivity index (χ3v) is 4.53. The van der Waals surface area contributed by atoms with Gasteiger partial charge in [-0.2, -0.15) is 0 Å². The molecule has 0 aliphatic rings. The van der Waals surface area contributed by atoms with Gasteiger partial charge in [0.15, 0.2) is 0 Å². The molecule has 114 valence electrons. The molecule has 0 spiro atoms.